The van der Waals surface area contributed by atoms with Crippen LogP contribution in [0, 0.1) is 0 Å². The number of carbonyl (C=O) groups excluding carboxylic acids is 1. The van der Waals surface area contributed by atoms with Gasteiger partial charge in [0.05, 0.1) is 16.0 Å². The Hall–Kier alpha value is -1.66. The Kier molecular flexibility index (Phi) is 3.73. The van der Waals surface area contributed by atoms with E-state index in [1.165, 1.54) is 11.3 Å². The number of carbonyl (C=O) groups is 1. The van der Waals surface area contributed by atoms with Gasteiger partial charge in [0.15, 0.2) is 0 Å². The van der Waals surface area contributed by atoms with E-state index in [0.29, 0.717) is 22.6 Å². The second-order valence-electron chi connectivity index (χ2n) is 4.84. The summed E-state index contributed by atoms with van der Waals surface area (Å²) in [5.41, 5.74) is 6.69. The van der Waals surface area contributed by atoms with Crippen LogP contribution in [0.3, 0.4) is 0 Å². The summed E-state index contributed by atoms with van der Waals surface area (Å²) < 4.78 is 6.17. The number of hydrogen-bond donors (Lipinski definition) is 2. The van der Waals surface area contributed by atoms with Gasteiger partial charge in [-0.25, -0.2) is 0 Å². The van der Waals surface area contributed by atoms with Crippen LogP contribution in [0.4, 0.5) is 5.69 Å². The third kappa shape index (κ3) is 2.85. The van der Waals surface area contributed by atoms with E-state index in [1.54, 1.807) is 13.3 Å². The molecule has 0 aromatic carbocycles. The van der Waals surface area contributed by atoms with Gasteiger partial charge in [-0.1, -0.05) is 0 Å². The molecule has 0 saturated heterocycles. The van der Waals surface area contributed by atoms with Crippen molar-refractivity contribution in [2.24, 2.45) is 0 Å². The lowest BCUT2D eigenvalue weighted by atomic mass is 10.1. The Labute approximate surface area is 115 Å². The SMILES string of the molecule is COC(C)(C)CNC(=O)c1sc2cccnc2c1N. The number of aromatic nitrogens is 1. The topological polar surface area (TPSA) is 77.2 Å². The maximum atomic E-state index is 12.1. The molecule has 2 aromatic heterocycles. The standard InChI is InChI=1S/C13H17N3O2S/c1-13(2,18-3)7-16-12(17)11-9(14)10-8(19-11)5-4-6-15-10/h4-6H,7,14H2,1-3H3,(H,16,17). The van der Waals surface area contributed by atoms with Crippen LogP contribution in [-0.2, 0) is 4.74 Å². The van der Waals surface area contributed by atoms with E-state index in [9.17, 15) is 4.79 Å². The number of nitrogens with two attached hydrogens (primary N) is 1. The highest BCUT2D eigenvalue weighted by atomic mass is 32.1. The molecule has 102 valence electrons. The largest absolute Gasteiger partial charge is 0.396 e. The molecule has 6 heteroatoms. The summed E-state index contributed by atoms with van der Waals surface area (Å²) in [5, 5.41) is 2.83. The van der Waals surface area contributed by atoms with E-state index in [1.807, 2.05) is 26.0 Å². The molecule has 0 saturated carbocycles. The van der Waals surface area contributed by atoms with Gasteiger partial charge in [0.1, 0.15) is 10.4 Å². The predicted octanol–water partition coefficient (Wildman–Crippen LogP) is 2.03. The summed E-state index contributed by atoms with van der Waals surface area (Å²) in [5.74, 6) is -0.189. The molecule has 3 N–H and O–H groups in total. The van der Waals surface area contributed by atoms with Gasteiger partial charge < -0.3 is 15.8 Å². The van der Waals surface area contributed by atoms with Crippen LogP contribution >= 0.6 is 11.3 Å². The molecule has 0 aliphatic carbocycles. The number of nitrogens with one attached hydrogen (secondary N) is 1. The first-order valence-electron chi connectivity index (χ1n) is 5.91. The highest BCUT2D eigenvalue weighted by Gasteiger charge is 2.21. The molecular weight excluding hydrogens is 262 g/mol. The molecule has 0 fully saturated rings. The van der Waals surface area contributed by atoms with Crippen molar-refractivity contribution >= 4 is 33.1 Å². The van der Waals surface area contributed by atoms with Gasteiger partial charge in [-0.2, -0.15) is 0 Å². The first kappa shape index (κ1) is 13.8. The second kappa shape index (κ2) is 5.14. The Balaban J connectivity index is 2.20. The number of methoxy groups -OCH3 is 1. The minimum Gasteiger partial charge on any atom is -0.396 e. The molecule has 0 radical (unpaired) electrons. The Morgan fingerprint density at radius 2 is 2.32 bits per heavy atom. The number of anilines is 1. The lowest BCUT2D eigenvalue weighted by Gasteiger charge is -2.22. The Morgan fingerprint density at radius 3 is 2.95 bits per heavy atom. The number of ether oxygens (including phenoxy) is 1. The molecule has 0 atom stereocenters. The highest BCUT2D eigenvalue weighted by molar-refractivity contribution is 7.21. The fourth-order valence-corrected chi connectivity index (χ4v) is 2.56. The molecule has 0 aliphatic rings. The molecule has 0 unspecified atom stereocenters. The highest BCUT2D eigenvalue weighted by Crippen LogP contribution is 2.31. The zero-order chi connectivity index (χ0) is 14.0. The number of fused-ring (bicyclic) bond motifs is 1. The minimum atomic E-state index is -0.403. The van der Waals surface area contributed by atoms with Crippen molar-refractivity contribution in [2.45, 2.75) is 19.4 Å². The van der Waals surface area contributed by atoms with Crippen molar-refractivity contribution in [3.63, 3.8) is 0 Å². The van der Waals surface area contributed by atoms with E-state index in [0.717, 1.165) is 4.70 Å². The average Bonchev–Trinajstić information content (AvgIpc) is 2.74. The van der Waals surface area contributed by atoms with Crippen LogP contribution in [0.25, 0.3) is 10.2 Å². The molecule has 19 heavy (non-hydrogen) atoms. The first-order chi connectivity index (χ1) is 8.94. The molecule has 0 aliphatic heterocycles. The monoisotopic (exact) mass is 279 g/mol. The van der Waals surface area contributed by atoms with Crippen molar-refractivity contribution < 1.29 is 9.53 Å². The van der Waals surface area contributed by atoms with Gasteiger partial charge in [0.25, 0.3) is 5.91 Å². The summed E-state index contributed by atoms with van der Waals surface area (Å²) in [6, 6.07) is 3.73. The first-order valence-corrected chi connectivity index (χ1v) is 6.72. The lowest BCUT2D eigenvalue weighted by molar-refractivity contribution is 0.0229. The van der Waals surface area contributed by atoms with Gasteiger partial charge in [0, 0.05) is 19.9 Å². The molecule has 5 nitrogen and oxygen atoms in total. The third-order valence-corrected chi connectivity index (χ3v) is 4.07. The summed E-state index contributed by atoms with van der Waals surface area (Å²) >= 11 is 1.35. The summed E-state index contributed by atoms with van der Waals surface area (Å²) in [7, 11) is 1.61. The normalized spacial score (nSPS) is 11.7. The fourth-order valence-electron chi connectivity index (χ4n) is 1.56. The smallest absolute Gasteiger partial charge is 0.263 e. The molecule has 0 bridgehead atoms. The molecule has 2 aromatic rings. The van der Waals surface area contributed by atoms with Crippen LogP contribution in [0.1, 0.15) is 23.5 Å². The maximum Gasteiger partial charge on any atom is 0.263 e. The van der Waals surface area contributed by atoms with E-state index in [2.05, 4.69) is 10.3 Å². The number of rotatable bonds is 4. The Bertz CT molecular complexity index is 607. The zero-order valence-corrected chi connectivity index (χ0v) is 12.0. The van der Waals surface area contributed by atoms with Crippen LogP contribution in [0.15, 0.2) is 18.3 Å². The van der Waals surface area contributed by atoms with E-state index >= 15 is 0 Å². The third-order valence-electron chi connectivity index (χ3n) is 2.92. The minimum absolute atomic E-state index is 0.189. The summed E-state index contributed by atoms with van der Waals surface area (Å²) in [6.07, 6.45) is 1.67. The van der Waals surface area contributed by atoms with Gasteiger partial charge in [-0.15, -0.1) is 11.3 Å². The Morgan fingerprint density at radius 1 is 1.58 bits per heavy atom. The van der Waals surface area contributed by atoms with Crippen LogP contribution < -0.4 is 11.1 Å². The van der Waals surface area contributed by atoms with Crippen molar-refractivity contribution in [1.29, 1.82) is 0 Å². The number of hydrogen-bond acceptors (Lipinski definition) is 5. The van der Waals surface area contributed by atoms with E-state index in [-0.39, 0.29) is 5.91 Å². The van der Waals surface area contributed by atoms with Crippen molar-refractivity contribution in [1.82, 2.24) is 10.3 Å². The molecule has 0 spiro atoms. The quantitative estimate of drug-likeness (QED) is 0.897. The molecule has 2 rings (SSSR count). The fraction of sp³-hybridized carbons (Fsp3) is 0.385. The molecule has 1 amide bonds. The van der Waals surface area contributed by atoms with Crippen LogP contribution in [0.5, 0.6) is 0 Å². The lowest BCUT2D eigenvalue weighted by Crippen LogP contribution is -2.39. The molecular formula is C13H17N3O2S. The summed E-state index contributed by atoms with van der Waals surface area (Å²) in [4.78, 5) is 16.8. The van der Waals surface area contributed by atoms with Crippen LogP contribution in [-0.4, -0.2) is 30.1 Å². The maximum absolute atomic E-state index is 12.1. The number of nitrogens with zero attached hydrogens (tertiary/aromatic N) is 1. The van der Waals surface area contributed by atoms with Gasteiger partial charge in [-0.3, -0.25) is 9.78 Å². The van der Waals surface area contributed by atoms with Gasteiger partial charge >= 0.3 is 0 Å². The van der Waals surface area contributed by atoms with Crippen molar-refractivity contribution in [2.75, 3.05) is 19.4 Å². The second-order valence-corrected chi connectivity index (χ2v) is 5.89. The van der Waals surface area contributed by atoms with Crippen molar-refractivity contribution in [3.8, 4) is 0 Å². The average molecular weight is 279 g/mol. The molecule has 2 heterocycles. The van der Waals surface area contributed by atoms with Gasteiger partial charge in [0.2, 0.25) is 0 Å². The number of amides is 1. The number of pyridine rings is 1. The zero-order valence-electron chi connectivity index (χ0n) is 11.2. The van der Waals surface area contributed by atoms with Crippen LogP contribution in [0.2, 0.25) is 0 Å². The number of thiophene rings is 1. The number of nitrogen functional groups attached to an aromatic ring is 1. The summed E-state index contributed by atoms with van der Waals surface area (Å²) in [6.45, 7) is 4.23. The van der Waals surface area contributed by atoms with Crippen molar-refractivity contribution in [3.05, 3.63) is 23.2 Å². The van der Waals surface area contributed by atoms with Gasteiger partial charge in [-0.05, 0) is 26.0 Å². The predicted molar refractivity (Wildman–Crippen MR) is 77.5 cm³/mol. The van der Waals surface area contributed by atoms with E-state index < -0.39 is 5.60 Å². The van der Waals surface area contributed by atoms with E-state index in [4.69, 9.17) is 10.5 Å².